The summed E-state index contributed by atoms with van der Waals surface area (Å²) >= 11 is 1.86. The molecule has 0 aliphatic carbocycles. The van der Waals surface area contributed by atoms with Crippen LogP contribution in [0.3, 0.4) is 0 Å². The summed E-state index contributed by atoms with van der Waals surface area (Å²) < 4.78 is 19.4. The van der Waals surface area contributed by atoms with Crippen LogP contribution in [0.2, 0.25) is 0 Å². The van der Waals surface area contributed by atoms with Gasteiger partial charge in [0.1, 0.15) is 28.7 Å². The summed E-state index contributed by atoms with van der Waals surface area (Å²) in [6.45, 7) is 27.3. The van der Waals surface area contributed by atoms with E-state index in [0.29, 0.717) is 0 Å². The van der Waals surface area contributed by atoms with Crippen LogP contribution in [0.15, 0.2) is 152 Å². The number of ether oxygens (including phenoxy) is 2. The number of anilines is 3. The molecule has 4 nitrogen and oxygen atoms in total. The van der Waals surface area contributed by atoms with Gasteiger partial charge < -0.3 is 18.9 Å². The van der Waals surface area contributed by atoms with Crippen LogP contribution in [0.4, 0.5) is 17.1 Å². The highest BCUT2D eigenvalue weighted by Crippen LogP contribution is 2.49. The predicted molar refractivity (Wildman–Crippen MR) is 301 cm³/mol. The van der Waals surface area contributed by atoms with Gasteiger partial charge in [0.15, 0.2) is 0 Å². The molecule has 6 heteroatoms. The number of benzene rings is 8. The van der Waals surface area contributed by atoms with Crippen molar-refractivity contribution >= 4 is 93.5 Å². The first-order valence-corrected chi connectivity index (χ1v) is 25.8. The quantitative estimate of drug-likeness (QED) is 0.165. The van der Waals surface area contributed by atoms with Crippen molar-refractivity contribution in [1.29, 1.82) is 0 Å². The van der Waals surface area contributed by atoms with E-state index in [4.69, 9.17) is 9.47 Å². The van der Waals surface area contributed by atoms with Gasteiger partial charge in [-0.3, -0.25) is 0 Å². The molecule has 0 unspecified atom stereocenters. The average Bonchev–Trinajstić information content (AvgIpc) is 3.85. The Balaban J connectivity index is 1.11. The van der Waals surface area contributed by atoms with Gasteiger partial charge in [0, 0.05) is 54.8 Å². The molecule has 12 rings (SSSR count). The van der Waals surface area contributed by atoms with Gasteiger partial charge in [0.25, 0.3) is 6.71 Å². The van der Waals surface area contributed by atoms with Crippen LogP contribution in [-0.2, 0) is 21.7 Å². The number of hydrogen-bond acceptors (Lipinski definition) is 4. The van der Waals surface area contributed by atoms with Crippen LogP contribution < -0.4 is 30.8 Å². The van der Waals surface area contributed by atoms with Gasteiger partial charge in [-0.25, -0.2) is 0 Å². The lowest BCUT2D eigenvalue weighted by Crippen LogP contribution is -2.57. The normalized spacial score (nSPS) is 13.6. The zero-order valence-corrected chi connectivity index (χ0v) is 43.4. The van der Waals surface area contributed by atoms with E-state index >= 15 is 0 Å². The van der Waals surface area contributed by atoms with Crippen molar-refractivity contribution in [2.45, 2.75) is 105 Å². The van der Waals surface area contributed by atoms with Gasteiger partial charge in [0.05, 0.1) is 15.7 Å². The molecule has 0 N–H and O–H groups in total. The van der Waals surface area contributed by atoms with Crippen LogP contribution in [0.25, 0.3) is 47.7 Å². The third kappa shape index (κ3) is 7.08. The molecular weight excluding hydrogens is 872 g/mol. The molecular formula is C64H61BN2O2S. The van der Waals surface area contributed by atoms with Gasteiger partial charge in [-0.2, -0.15) is 0 Å². The molecule has 0 amide bonds. The second-order valence-electron chi connectivity index (χ2n) is 23.9. The lowest BCUT2D eigenvalue weighted by Gasteiger charge is -2.35. The van der Waals surface area contributed by atoms with Crippen LogP contribution in [0, 0.1) is 0 Å². The summed E-state index contributed by atoms with van der Waals surface area (Å²) in [6.07, 6.45) is 0. The maximum Gasteiger partial charge on any atom is 0.260 e. The van der Waals surface area contributed by atoms with Crippen molar-refractivity contribution in [2.24, 2.45) is 0 Å². The standard InChI is InChI=1S/C64H61BN2O2S/c1-61(2,3)38-20-26-42(27-21-38)66(43-28-22-39(23-29-43)62(4,5)6)44-30-31-49-55(36-44)68-53-17-15-18-54-57(53)65(49)50-37-48-45-16-13-14-19-56(45)70-60(48)58(59(50)69-54)67-51-32-24-40(63(7,8)9)34-46(51)47-35-41(64(10,11)12)25-33-52(47)67/h13-37H,1-12H3. The molecule has 348 valence electrons. The van der Waals surface area contributed by atoms with E-state index in [2.05, 4.69) is 244 Å². The Morgan fingerprint density at radius 2 is 0.943 bits per heavy atom. The summed E-state index contributed by atoms with van der Waals surface area (Å²) in [5.74, 6) is 3.40. The highest BCUT2D eigenvalue weighted by molar-refractivity contribution is 7.26. The molecule has 70 heavy (non-hydrogen) atoms. The molecule has 2 aliphatic heterocycles. The fourth-order valence-electron chi connectivity index (χ4n) is 10.9. The van der Waals surface area contributed by atoms with Crippen molar-refractivity contribution in [3.8, 4) is 28.7 Å². The van der Waals surface area contributed by atoms with Crippen LogP contribution in [0.1, 0.15) is 105 Å². The molecule has 2 aliphatic rings. The minimum absolute atomic E-state index is 0.0134. The topological polar surface area (TPSA) is 26.6 Å². The number of thiophene rings is 1. The zero-order chi connectivity index (χ0) is 48.8. The van der Waals surface area contributed by atoms with Crippen molar-refractivity contribution in [2.75, 3.05) is 4.90 Å². The van der Waals surface area contributed by atoms with Crippen molar-refractivity contribution in [3.63, 3.8) is 0 Å². The molecule has 10 aromatic rings. The van der Waals surface area contributed by atoms with E-state index in [1.807, 2.05) is 11.3 Å². The Bertz CT molecular complexity index is 3630. The van der Waals surface area contributed by atoms with Crippen molar-refractivity contribution in [1.82, 2.24) is 4.57 Å². The second kappa shape index (κ2) is 15.4. The third-order valence-electron chi connectivity index (χ3n) is 15.0. The van der Waals surface area contributed by atoms with Gasteiger partial charge in [-0.15, -0.1) is 11.3 Å². The Labute approximate surface area is 417 Å². The maximum atomic E-state index is 7.39. The molecule has 0 saturated heterocycles. The van der Waals surface area contributed by atoms with Gasteiger partial charge in [-0.05, 0) is 128 Å². The number of nitrogens with zero attached hydrogens (tertiary/aromatic N) is 2. The second-order valence-corrected chi connectivity index (χ2v) is 24.9. The summed E-state index contributed by atoms with van der Waals surface area (Å²) in [4.78, 5) is 2.37. The number of aromatic nitrogens is 1. The van der Waals surface area contributed by atoms with Gasteiger partial charge in [0.2, 0.25) is 0 Å². The summed E-state index contributed by atoms with van der Waals surface area (Å²) in [5.41, 5.74) is 15.3. The molecule has 0 saturated carbocycles. The van der Waals surface area contributed by atoms with E-state index in [9.17, 15) is 0 Å². The first-order valence-electron chi connectivity index (χ1n) is 24.9. The lowest BCUT2D eigenvalue weighted by molar-refractivity contribution is 0.464. The summed E-state index contributed by atoms with van der Waals surface area (Å²) in [7, 11) is 0. The molecule has 2 aromatic heterocycles. The van der Waals surface area contributed by atoms with Crippen LogP contribution in [0.5, 0.6) is 23.0 Å². The Morgan fingerprint density at radius 3 is 1.50 bits per heavy atom. The monoisotopic (exact) mass is 932 g/mol. The van der Waals surface area contributed by atoms with E-state index < -0.39 is 0 Å². The smallest absolute Gasteiger partial charge is 0.260 e. The molecule has 0 radical (unpaired) electrons. The van der Waals surface area contributed by atoms with Crippen molar-refractivity contribution < 1.29 is 9.47 Å². The SMILES string of the molecule is CC(C)(C)c1ccc(N(c2ccc(C(C)(C)C)cc2)c2ccc3c(c2)Oc2cccc4c2B3c2cc3c(sc5ccccc53)c(-n3c5ccc(C(C)(C)C)cc5c5cc(C(C)(C)C)ccc53)c2O4)cc1. The predicted octanol–water partition coefficient (Wildman–Crippen LogP) is 16.5. The van der Waals surface area contributed by atoms with Crippen molar-refractivity contribution in [3.05, 3.63) is 174 Å². The largest absolute Gasteiger partial charge is 0.458 e. The molecule has 0 bridgehead atoms. The number of fused-ring (bicyclic) bond motifs is 10. The molecule has 8 aromatic carbocycles. The Hall–Kier alpha value is -6.76. The number of rotatable bonds is 4. The lowest BCUT2D eigenvalue weighted by atomic mass is 9.34. The molecule has 0 atom stereocenters. The molecule has 0 fully saturated rings. The molecule has 4 heterocycles. The fraction of sp³-hybridized carbons (Fsp3) is 0.250. The summed E-state index contributed by atoms with van der Waals surface area (Å²) in [5, 5.41) is 5.01. The van der Waals surface area contributed by atoms with Gasteiger partial charge >= 0.3 is 0 Å². The minimum Gasteiger partial charge on any atom is -0.458 e. The Morgan fingerprint density at radius 1 is 0.429 bits per heavy atom. The van der Waals surface area contributed by atoms with Crippen LogP contribution >= 0.6 is 11.3 Å². The maximum absolute atomic E-state index is 7.39. The van der Waals surface area contributed by atoms with E-state index in [1.165, 1.54) is 64.2 Å². The summed E-state index contributed by atoms with van der Waals surface area (Å²) in [6, 6.07) is 56.8. The number of hydrogen-bond donors (Lipinski definition) is 0. The van der Waals surface area contributed by atoms with E-state index in [0.717, 1.165) is 62.1 Å². The fourth-order valence-corrected chi connectivity index (χ4v) is 12.1. The van der Waals surface area contributed by atoms with Crippen LogP contribution in [-0.4, -0.2) is 11.3 Å². The minimum atomic E-state index is -0.145. The molecule has 0 spiro atoms. The third-order valence-corrected chi connectivity index (χ3v) is 16.1. The van der Waals surface area contributed by atoms with E-state index in [-0.39, 0.29) is 28.4 Å². The highest BCUT2D eigenvalue weighted by atomic mass is 32.1. The van der Waals surface area contributed by atoms with E-state index in [1.54, 1.807) is 0 Å². The zero-order valence-electron chi connectivity index (χ0n) is 42.6. The highest BCUT2D eigenvalue weighted by Gasteiger charge is 2.43. The van der Waals surface area contributed by atoms with Gasteiger partial charge in [-0.1, -0.05) is 156 Å². The first-order chi connectivity index (χ1) is 33.2. The average molecular weight is 933 g/mol. The Kier molecular flexibility index (Phi) is 9.76. The first kappa shape index (κ1) is 44.5.